The van der Waals surface area contributed by atoms with E-state index in [9.17, 15) is 4.79 Å². The number of nitrogens with one attached hydrogen (secondary N) is 1. The molecule has 3 rings (SSSR count). The van der Waals surface area contributed by atoms with Gasteiger partial charge in [0.1, 0.15) is 5.02 Å². The summed E-state index contributed by atoms with van der Waals surface area (Å²) in [5.74, 6) is 0.487. The molecule has 140 valence electrons. The van der Waals surface area contributed by atoms with Crippen LogP contribution in [0.5, 0.6) is 0 Å². The van der Waals surface area contributed by atoms with Crippen LogP contribution in [0.2, 0.25) is 5.02 Å². The van der Waals surface area contributed by atoms with Gasteiger partial charge in [0.25, 0.3) is 5.56 Å². The third-order valence-electron chi connectivity index (χ3n) is 5.04. The molecule has 2 aromatic rings. The molecule has 0 amide bonds. The molecule has 26 heavy (non-hydrogen) atoms. The molecule has 1 saturated heterocycles. The maximum atomic E-state index is 11.7. The molecule has 2 aromatic heterocycles. The lowest BCUT2D eigenvalue weighted by Gasteiger charge is -2.42. The van der Waals surface area contributed by atoms with Crippen molar-refractivity contribution < 1.29 is 0 Å². The molecule has 0 spiro atoms. The maximum absolute atomic E-state index is 11.7. The lowest BCUT2D eigenvalue weighted by molar-refractivity contribution is 0.145. The number of H-pyrrole nitrogens is 1. The predicted molar refractivity (Wildman–Crippen MR) is 105 cm³/mol. The molecule has 1 N–H and O–H groups in total. The van der Waals surface area contributed by atoms with E-state index in [1.165, 1.54) is 11.3 Å². The second-order valence-corrected chi connectivity index (χ2v) is 7.38. The van der Waals surface area contributed by atoms with Crippen LogP contribution in [0, 0.1) is 5.92 Å². The van der Waals surface area contributed by atoms with Crippen LogP contribution in [0.1, 0.15) is 38.1 Å². The number of aryl methyl sites for hydroxylation is 1. The molecule has 0 aromatic carbocycles. The Labute approximate surface area is 159 Å². The Bertz CT molecular complexity index is 799. The minimum absolute atomic E-state index is 0.217. The van der Waals surface area contributed by atoms with E-state index in [-0.39, 0.29) is 10.6 Å². The summed E-state index contributed by atoms with van der Waals surface area (Å²) in [4.78, 5) is 20.9. The number of aromatic nitrogens is 3. The molecule has 0 bridgehead atoms. The number of pyridine rings is 1. The van der Waals surface area contributed by atoms with Gasteiger partial charge in [0.05, 0.1) is 11.9 Å². The molecule has 1 aliphatic rings. The van der Waals surface area contributed by atoms with E-state index >= 15 is 0 Å². The number of piperazine rings is 1. The van der Waals surface area contributed by atoms with Crippen molar-refractivity contribution in [1.29, 1.82) is 0 Å². The Kier molecular flexibility index (Phi) is 5.94. The molecule has 6 nitrogen and oxygen atoms in total. The number of aromatic amines is 1. The van der Waals surface area contributed by atoms with Crippen LogP contribution in [0.25, 0.3) is 0 Å². The highest BCUT2D eigenvalue weighted by Gasteiger charge is 2.29. The molecular weight excluding hydrogens is 350 g/mol. The molecule has 0 unspecified atom stereocenters. The second kappa shape index (κ2) is 8.18. The zero-order valence-corrected chi connectivity index (χ0v) is 16.3. The van der Waals surface area contributed by atoms with Crippen LogP contribution in [0.15, 0.2) is 29.3 Å². The average Bonchev–Trinajstić information content (AvgIpc) is 2.65. The smallest absolute Gasteiger partial charge is 0.285 e. The van der Waals surface area contributed by atoms with E-state index in [2.05, 4.69) is 51.8 Å². The first-order valence-corrected chi connectivity index (χ1v) is 9.56. The van der Waals surface area contributed by atoms with Gasteiger partial charge in [-0.1, -0.05) is 38.4 Å². The van der Waals surface area contributed by atoms with Crippen molar-refractivity contribution in [3.63, 3.8) is 0 Å². The number of halogens is 1. The monoisotopic (exact) mass is 375 g/mol. The first-order valence-electron chi connectivity index (χ1n) is 9.18. The van der Waals surface area contributed by atoms with E-state index in [4.69, 9.17) is 11.6 Å². The number of hydrogen-bond donors (Lipinski definition) is 1. The van der Waals surface area contributed by atoms with Gasteiger partial charge in [0.2, 0.25) is 0 Å². The standard InChI is InChI=1S/C19H26ClN5O/c1-4-15-14(6-5-7-21-15)18(13(2)3)25-10-8-24(9-11-25)16-12-22-23-19(26)17(16)20/h5-7,12-13,18H,4,8-11H2,1-3H3,(H,23,26)/t18-/m1/s1. The highest BCUT2D eigenvalue weighted by Crippen LogP contribution is 2.32. The van der Waals surface area contributed by atoms with Gasteiger partial charge >= 0.3 is 0 Å². The summed E-state index contributed by atoms with van der Waals surface area (Å²) in [5, 5.41) is 6.48. The van der Waals surface area contributed by atoms with E-state index in [1.54, 1.807) is 6.20 Å². The summed E-state index contributed by atoms with van der Waals surface area (Å²) in [7, 11) is 0. The van der Waals surface area contributed by atoms with E-state index in [1.807, 2.05) is 12.3 Å². The molecule has 0 aliphatic carbocycles. The van der Waals surface area contributed by atoms with Crippen LogP contribution in [-0.4, -0.2) is 46.3 Å². The Morgan fingerprint density at radius 1 is 1.27 bits per heavy atom. The minimum atomic E-state index is -0.338. The summed E-state index contributed by atoms with van der Waals surface area (Å²) < 4.78 is 0. The zero-order chi connectivity index (χ0) is 18.7. The van der Waals surface area contributed by atoms with Gasteiger partial charge in [-0.05, 0) is 24.0 Å². The number of rotatable bonds is 5. The largest absolute Gasteiger partial charge is 0.366 e. The van der Waals surface area contributed by atoms with Gasteiger partial charge in [-0.3, -0.25) is 14.7 Å². The zero-order valence-electron chi connectivity index (χ0n) is 15.6. The van der Waals surface area contributed by atoms with Crippen molar-refractivity contribution in [1.82, 2.24) is 20.1 Å². The third kappa shape index (κ3) is 3.76. The lowest BCUT2D eigenvalue weighted by Crippen LogP contribution is -2.49. The maximum Gasteiger partial charge on any atom is 0.285 e. The quantitative estimate of drug-likeness (QED) is 0.870. The van der Waals surface area contributed by atoms with Crippen LogP contribution in [-0.2, 0) is 6.42 Å². The van der Waals surface area contributed by atoms with Crippen molar-refractivity contribution in [2.24, 2.45) is 5.92 Å². The van der Waals surface area contributed by atoms with Gasteiger partial charge in [-0.15, -0.1) is 0 Å². The molecule has 7 heteroatoms. The topological polar surface area (TPSA) is 65.1 Å². The third-order valence-corrected chi connectivity index (χ3v) is 5.40. The molecule has 1 atom stereocenters. The van der Waals surface area contributed by atoms with Crippen LogP contribution in [0.4, 0.5) is 5.69 Å². The Hall–Kier alpha value is -1.92. The summed E-state index contributed by atoms with van der Waals surface area (Å²) in [5.41, 5.74) is 2.88. The van der Waals surface area contributed by atoms with Gasteiger partial charge in [-0.2, -0.15) is 5.10 Å². The van der Waals surface area contributed by atoms with Gasteiger partial charge in [-0.25, -0.2) is 5.10 Å². The van der Waals surface area contributed by atoms with Crippen molar-refractivity contribution >= 4 is 17.3 Å². The SMILES string of the molecule is CCc1ncccc1[C@@H](C(C)C)N1CCN(c2cn[nH]c(=O)c2Cl)CC1. The highest BCUT2D eigenvalue weighted by atomic mass is 35.5. The number of hydrogen-bond acceptors (Lipinski definition) is 5. The van der Waals surface area contributed by atoms with Crippen LogP contribution < -0.4 is 10.5 Å². The lowest BCUT2D eigenvalue weighted by atomic mass is 9.92. The van der Waals surface area contributed by atoms with Crippen molar-refractivity contribution in [2.75, 3.05) is 31.1 Å². The molecule has 3 heterocycles. The van der Waals surface area contributed by atoms with Gasteiger partial charge < -0.3 is 4.90 Å². The average molecular weight is 376 g/mol. The minimum Gasteiger partial charge on any atom is -0.366 e. The molecule has 1 fully saturated rings. The number of nitrogens with zero attached hydrogens (tertiary/aromatic N) is 4. The van der Waals surface area contributed by atoms with E-state index in [0.717, 1.165) is 32.6 Å². The van der Waals surface area contributed by atoms with Crippen molar-refractivity contribution in [3.05, 3.63) is 51.2 Å². The predicted octanol–water partition coefficient (Wildman–Crippen LogP) is 2.90. The summed E-state index contributed by atoms with van der Waals surface area (Å²) >= 11 is 6.16. The Balaban J connectivity index is 1.79. The van der Waals surface area contributed by atoms with Crippen LogP contribution >= 0.6 is 11.6 Å². The first-order chi connectivity index (χ1) is 12.5. The summed E-state index contributed by atoms with van der Waals surface area (Å²) in [6, 6.07) is 4.58. The Morgan fingerprint density at radius 3 is 2.65 bits per heavy atom. The molecular formula is C19H26ClN5O. The van der Waals surface area contributed by atoms with Gasteiger partial charge in [0.15, 0.2) is 0 Å². The first kappa shape index (κ1) is 18.9. The summed E-state index contributed by atoms with van der Waals surface area (Å²) in [6.45, 7) is 10.1. The number of anilines is 1. The summed E-state index contributed by atoms with van der Waals surface area (Å²) in [6.07, 6.45) is 4.45. The highest BCUT2D eigenvalue weighted by molar-refractivity contribution is 6.32. The fourth-order valence-corrected chi connectivity index (χ4v) is 4.04. The fourth-order valence-electron chi connectivity index (χ4n) is 3.83. The normalized spacial score (nSPS) is 16.9. The Morgan fingerprint density at radius 2 is 2.00 bits per heavy atom. The fraction of sp³-hybridized carbons (Fsp3) is 0.526. The van der Waals surface area contributed by atoms with Gasteiger partial charge in [0, 0.05) is 44.1 Å². The van der Waals surface area contributed by atoms with E-state index < -0.39 is 0 Å². The molecule has 0 saturated carbocycles. The molecule has 0 radical (unpaired) electrons. The molecule has 1 aliphatic heterocycles. The van der Waals surface area contributed by atoms with Crippen molar-refractivity contribution in [2.45, 2.75) is 33.2 Å². The second-order valence-electron chi connectivity index (χ2n) is 7.00. The van der Waals surface area contributed by atoms with Crippen LogP contribution in [0.3, 0.4) is 0 Å². The van der Waals surface area contributed by atoms with E-state index in [0.29, 0.717) is 17.6 Å². The van der Waals surface area contributed by atoms with Crippen molar-refractivity contribution in [3.8, 4) is 0 Å².